The molecule has 1 aromatic carbocycles. The molecule has 140 valence electrons. The predicted molar refractivity (Wildman–Crippen MR) is 106 cm³/mol. The van der Waals surface area contributed by atoms with Crippen molar-refractivity contribution in [3.05, 3.63) is 90.1 Å². The maximum Gasteiger partial charge on any atom is 0.255 e. The molecule has 6 nitrogen and oxygen atoms in total. The highest BCUT2D eigenvalue weighted by molar-refractivity contribution is 5.99. The fraction of sp³-hybridized carbons (Fsp3) is 0.136. The van der Waals surface area contributed by atoms with E-state index < -0.39 is 0 Å². The van der Waals surface area contributed by atoms with Crippen molar-refractivity contribution in [2.24, 2.45) is 0 Å². The summed E-state index contributed by atoms with van der Waals surface area (Å²) in [6.07, 6.45) is 5.18. The van der Waals surface area contributed by atoms with Crippen molar-refractivity contribution in [2.45, 2.75) is 19.9 Å². The van der Waals surface area contributed by atoms with Crippen LogP contribution in [0.15, 0.2) is 77.6 Å². The molecule has 28 heavy (non-hydrogen) atoms. The molecule has 0 radical (unpaired) electrons. The number of nitrogens with zero attached hydrogens (tertiary/aromatic N) is 3. The molecule has 0 aliphatic heterocycles. The molecule has 0 saturated heterocycles. The number of benzene rings is 1. The van der Waals surface area contributed by atoms with E-state index in [2.05, 4.69) is 15.4 Å². The van der Waals surface area contributed by atoms with Gasteiger partial charge in [0.1, 0.15) is 11.5 Å². The molecular weight excluding hydrogens is 352 g/mol. The minimum Gasteiger partial charge on any atom is -0.460 e. The van der Waals surface area contributed by atoms with E-state index in [1.54, 1.807) is 23.3 Å². The van der Waals surface area contributed by atoms with Gasteiger partial charge in [0, 0.05) is 18.6 Å². The lowest BCUT2D eigenvalue weighted by Crippen LogP contribution is -2.26. The second-order valence-electron chi connectivity index (χ2n) is 6.56. The van der Waals surface area contributed by atoms with E-state index in [1.165, 1.54) is 0 Å². The molecule has 0 saturated carbocycles. The SMILES string of the molecule is Cc1ccc(-c2nn(-c3ccccc3)cc2C(=O)NC(C)c2cccnc2)o1. The number of hydrogen-bond donors (Lipinski definition) is 1. The van der Waals surface area contributed by atoms with Gasteiger partial charge in [0.15, 0.2) is 5.76 Å². The minimum atomic E-state index is -0.220. The van der Waals surface area contributed by atoms with Crippen LogP contribution in [0.1, 0.15) is 34.6 Å². The molecule has 0 aliphatic carbocycles. The smallest absolute Gasteiger partial charge is 0.255 e. The number of hydrogen-bond acceptors (Lipinski definition) is 4. The maximum atomic E-state index is 13.0. The lowest BCUT2D eigenvalue weighted by Gasteiger charge is -2.13. The highest BCUT2D eigenvalue weighted by Crippen LogP contribution is 2.26. The number of carbonyl (C=O) groups is 1. The van der Waals surface area contributed by atoms with Crippen LogP contribution < -0.4 is 5.32 Å². The van der Waals surface area contributed by atoms with Gasteiger partial charge in [-0.3, -0.25) is 9.78 Å². The molecule has 4 aromatic rings. The monoisotopic (exact) mass is 372 g/mol. The summed E-state index contributed by atoms with van der Waals surface area (Å²) in [4.78, 5) is 17.2. The number of aromatic nitrogens is 3. The standard InChI is InChI=1S/C22H20N4O2/c1-15-10-11-20(28-15)21-19(14-26(25-21)18-8-4-3-5-9-18)22(27)24-16(2)17-7-6-12-23-13-17/h3-14,16H,1-2H3,(H,24,27). The summed E-state index contributed by atoms with van der Waals surface area (Å²) in [6.45, 7) is 3.79. The molecule has 3 heterocycles. The van der Waals surface area contributed by atoms with Gasteiger partial charge in [0.05, 0.1) is 17.3 Å². The number of aryl methyl sites for hydroxylation is 1. The van der Waals surface area contributed by atoms with E-state index in [0.717, 1.165) is 17.0 Å². The maximum absolute atomic E-state index is 13.0. The van der Waals surface area contributed by atoms with Crippen LogP contribution in [0, 0.1) is 6.92 Å². The Morgan fingerprint density at radius 3 is 2.61 bits per heavy atom. The summed E-state index contributed by atoms with van der Waals surface area (Å²) in [7, 11) is 0. The molecule has 1 amide bonds. The van der Waals surface area contributed by atoms with Crippen LogP contribution >= 0.6 is 0 Å². The Balaban J connectivity index is 1.70. The van der Waals surface area contributed by atoms with Gasteiger partial charge in [-0.05, 0) is 49.7 Å². The number of nitrogens with one attached hydrogen (secondary N) is 1. The first-order valence-corrected chi connectivity index (χ1v) is 9.04. The Morgan fingerprint density at radius 1 is 1.11 bits per heavy atom. The van der Waals surface area contributed by atoms with Crippen LogP contribution in [-0.2, 0) is 0 Å². The van der Waals surface area contributed by atoms with Crippen LogP contribution in [0.3, 0.4) is 0 Å². The third kappa shape index (κ3) is 3.57. The lowest BCUT2D eigenvalue weighted by atomic mass is 10.1. The summed E-state index contributed by atoms with van der Waals surface area (Å²) in [5.41, 5.74) is 2.76. The number of carbonyl (C=O) groups excluding carboxylic acids is 1. The molecular formula is C22H20N4O2. The third-order valence-electron chi connectivity index (χ3n) is 4.49. The summed E-state index contributed by atoms with van der Waals surface area (Å²) >= 11 is 0. The fourth-order valence-electron chi connectivity index (χ4n) is 2.99. The Bertz CT molecular complexity index is 1080. The summed E-state index contributed by atoms with van der Waals surface area (Å²) in [5.74, 6) is 1.10. The lowest BCUT2D eigenvalue weighted by molar-refractivity contribution is 0.0940. The van der Waals surface area contributed by atoms with Crippen molar-refractivity contribution in [3.63, 3.8) is 0 Å². The number of para-hydroxylation sites is 1. The Kier molecular flexibility index (Phi) is 4.76. The zero-order valence-electron chi connectivity index (χ0n) is 15.7. The minimum absolute atomic E-state index is 0.188. The Morgan fingerprint density at radius 2 is 1.93 bits per heavy atom. The summed E-state index contributed by atoms with van der Waals surface area (Å²) in [6, 6.07) is 16.9. The first kappa shape index (κ1) is 17.7. The highest BCUT2D eigenvalue weighted by atomic mass is 16.3. The molecule has 4 rings (SSSR count). The summed E-state index contributed by atoms with van der Waals surface area (Å²) < 4.78 is 7.42. The van der Waals surface area contributed by atoms with Gasteiger partial charge in [0.25, 0.3) is 5.91 Å². The number of furan rings is 1. The number of rotatable bonds is 5. The van der Waals surface area contributed by atoms with Gasteiger partial charge in [-0.2, -0.15) is 5.10 Å². The fourth-order valence-corrected chi connectivity index (χ4v) is 2.99. The zero-order chi connectivity index (χ0) is 19.5. The molecule has 1 atom stereocenters. The Hall–Kier alpha value is -3.67. The largest absolute Gasteiger partial charge is 0.460 e. The second kappa shape index (κ2) is 7.52. The average molecular weight is 372 g/mol. The number of amides is 1. The molecule has 0 bridgehead atoms. The third-order valence-corrected chi connectivity index (χ3v) is 4.49. The van der Waals surface area contributed by atoms with E-state index in [0.29, 0.717) is 17.0 Å². The van der Waals surface area contributed by atoms with E-state index in [9.17, 15) is 4.79 Å². The molecule has 1 unspecified atom stereocenters. The van der Waals surface area contributed by atoms with Crippen LogP contribution in [0.4, 0.5) is 0 Å². The van der Waals surface area contributed by atoms with Crippen LogP contribution in [0.5, 0.6) is 0 Å². The van der Waals surface area contributed by atoms with Crippen molar-refractivity contribution in [2.75, 3.05) is 0 Å². The van der Waals surface area contributed by atoms with Crippen molar-refractivity contribution < 1.29 is 9.21 Å². The topological polar surface area (TPSA) is 73.0 Å². The van der Waals surface area contributed by atoms with E-state index in [-0.39, 0.29) is 11.9 Å². The van der Waals surface area contributed by atoms with Gasteiger partial charge in [-0.25, -0.2) is 4.68 Å². The van der Waals surface area contributed by atoms with Crippen molar-refractivity contribution in [1.82, 2.24) is 20.1 Å². The quantitative estimate of drug-likeness (QED) is 0.566. The highest BCUT2D eigenvalue weighted by Gasteiger charge is 2.22. The Labute approximate surface area is 162 Å². The molecule has 3 aromatic heterocycles. The van der Waals surface area contributed by atoms with Gasteiger partial charge < -0.3 is 9.73 Å². The molecule has 6 heteroatoms. The van der Waals surface area contributed by atoms with E-state index >= 15 is 0 Å². The molecule has 0 aliphatic rings. The van der Waals surface area contributed by atoms with Gasteiger partial charge >= 0.3 is 0 Å². The predicted octanol–water partition coefficient (Wildman–Crippen LogP) is 4.33. The van der Waals surface area contributed by atoms with Gasteiger partial charge in [0.2, 0.25) is 0 Å². The van der Waals surface area contributed by atoms with Crippen molar-refractivity contribution in [3.8, 4) is 17.1 Å². The normalized spacial score (nSPS) is 11.9. The molecule has 0 spiro atoms. The molecule has 0 fully saturated rings. The van der Waals surface area contributed by atoms with Crippen molar-refractivity contribution in [1.29, 1.82) is 0 Å². The van der Waals surface area contributed by atoms with Crippen LogP contribution in [0.2, 0.25) is 0 Å². The second-order valence-corrected chi connectivity index (χ2v) is 6.56. The molecule has 1 N–H and O–H groups in total. The number of pyridine rings is 1. The first-order valence-electron chi connectivity index (χ1n) is 9.04. The van der Waals surface area contributed by atoms with Crippen molar-refractivity contribution >= 4 is 5.91 Å². The average Bonchev–Trinajstić information content (AvgIpc) is 3.36. The summed E-state index contributed by atoms with van der Waals surface area (Å²) in [5, 5.41) is 7.64. The first-order chi connectivity index (χ1) is 13.6. The van der Waals surface area contributed by atoms with Gasteiger partial charge in [-0.15, -0.1) is 0 Å². The van der Waals surface area contributed by atoms with E-state index in [1.807, 2.05) is 68.4 Å². The van der Waals surface area contributed by atoms with Crippen LogP contribution in [-0.4, -0.2) is 20.7 Å². The van der Waals surface area contributed by atoms with Gasteiger partial charge in [-0.1, -0.05) is 24.3 Å². The van der Waals surface area contributed by atoms with E-state index in [4.69, 9.17) is 4.42 Å². The van der Waals surface area contributed by atoms with Crippen LogP contribution in [0.25, 0.3) is 17.1 Å². The zero-order valence-corrected chi connectivity index (χ0v) is 15.7.